The molecular weight excluding hydrogens is 226 g/mol. The van der Waals surface area contributed by atoms with Crippen LogP contribution in [0.15, 0.2) is 0 Å². The maximum atomic E-state index is 5.47. The molecule has 2 atom stereocenters. The van der Waals surface area contributed by atoms with Crippen molar-refractivity contribution in [3.63, 3.8) is 0 Å². The van der Waals surface area contributed by atoms with Gasteiger partial charge in [-0.1, -0.05) is 0 Å². The van der Waals surface area contributed by atoms with E-state index in [0.29, 0.717) is 12.1 Å². The largest absolute Gasteiger partial charge is 0.381 e. The third-order valence-electron chi connectivity index (χ3n) is 4.19. The highest BCUT2D eigenvalue weighted by atomic mass is 16.5. The van der Waals surface area contributed by atoms with E-state index in [9.17, 15) is 0 Å². The second-order valence-corrected chi connectivity index (χ2v) is 5.38. The highest BCUT2D eigenvalue weighted by Crippen LogP contribution is 2.21. The molecule has 2 rings (SSSR count). The molecular formula is C14H25N3O. The van der Waals surface area contributed by atoms with Crippen LogP contribution in [0, 0.1) is 13.8 Å². The Kier molecular flexibility index (Phi) is 4.40. The van der Waals surface area contributed by atoms with Crippen LogP contribution in [0.1, 0.15) is 42.6 Å². The van der Waals surface area contributed by atoms with Crippen molar-refractivity contribution in [1.29, 1.82) is 0 Å². The Morgan fingerprint density at radius 3 is 2.78 bits per heavy atom. The summed E-state index contributed by atoms with van der Waals surface area (Å²) in [5.74, 6) is 0. The molecule has 0 spiro atoms. The minimum Gasteiger partial charge on any atom is -0.381 e. The summed E-state index contributed by atoms with van der Waals surface area (Å²) in [6, 6.07) is 0.586. The third-order valence-corrected chi connectivity index (χ3v) is 4.19. The Hall–Kier alpha value is -0.870. The maximum Gasteiger partial charge on any atom is 0.0641 e. The SMILES string of the molecule is COC1CCCC(NCc2c(C)nn(C)c2C)C1. The highest BCUT2D eigenvalue weighted by Gasteiger charge is 2.21. The van der Waals surface area contributed by atoms with Crippen LogP contribution in [0.5, 0.6) is 0 Å². The molecule has 1 aromatic rings. The van der Waals surface area contributed by atoms with Crippen LogP contribution in [0.2, 0.25) is 0 Å². The van der Waals surface area contributed by atoms with Gasteiger partial charge in [0.15, 0.2) is 0 Å². The van der Waals surface area contributed by atoms with Gasteiger partial charge in [-0.05, 0) is 39.5 Å². The Balaban J connectivity index is 1.91. The van der Waals surface area contributed by atoms with Gasteiger partial charge in [-0.3, -0.25) is 4.68 Å². The number of aromatic nitrogens is 2. The molecule has 1 aliphatic carbocycles. The van der Waals surface area contributed by atoms with E-state index in [-0.39, 0.29) is 0 Å². The van der Waals surface area contributed by atoms with Crippen molar-refractivity contribution in [1.82, 2.24) is 15.1 Å². The van der Waals surface area contributed by atoms with Gasteiger partial charge in [-0.15, -0.1) is 0 Å². The number of nitrogens with zero attached hydrogens (tertiary/aromatic N) is 2. The van der Waals surface area contributed by atoms with Crippen molar-refractivity contribution in [2.45, 2.75) is 58.2 Å². The standard InChI is InChI=1S/C14H25N3O/c1-10-14(11(2)17(3)16-10)9-15-12-6-5-7-13(8-12)18-4/h12-13,15H,5-9H2,1-4H3. The molecule has 2 unspecified atom stereocenters. The van der Waals surface area contributed by atoms with Gasteiger partial charge in [0.1, 0.15) is 0 Å². The lowest BCUT2D eigenvalue weighted by Gasteiger charge is -2.29. The van der Waals surface area contributed by atoms with E-state index in [0.717, 1.165) is 18.7 Å². The van der Waals surface area contributed by atoms with Crippen LogP contribution in [0.4, 0.5) is 0 Å². The van der Waals surface area contributed by atoms with E-state index in [1.807, 2.05) is 18.8 Å². The molecule has 18 heavy (non-hydrogen) atoms. The predicted octanol–water partition coefficient (Wildman–Crippen LogP) is 2.08. The van der Waals surface area contributed by atoms with Crippen LogP contribution >= 0.6 is 0 Å². The van der Waals surface area contributed by atoms with Crippen molar-refractivity contribution < 1.29 is 4.74 Å². The minimum atomic E-state index is 0.437. The van der Waals surface area contributed by atoms with Crippen LogP contribution in [-0.4, -0.2) is 29.0 Å². The summed E-state index contributed by atoms with van der Waals surface area (Å²) in [6.45, 7) is 5.14. The first kappa shape index (κ1) is 13.6. The first-order valence-corrected chi connectivity index (χ1v) is 6.87. The van der Waals surface area contributed by atoms with Gasteiger partial charge in [0, 0.05) is 38.0 Å². The van der Waals surface area contributed by atoms with E-state index in [2.05, 4.69) is 24.3 Å². The first-order chi connectivity index (χ1) is 8.61. The van der Waals surface area contributed by atoms with Gasteiger partial charge < -0.3 is 10.1 Å². The summed E-state index contributed by atoms with van der Waals surface area (Å²) >= 11 is 0. The molecule has 0 saturated heterocycles. The molecule has 1 N–H and O–H groups in total. The smallest absolute Gasteiger partial charge is 0.0641 e. The number of nitrogens with one attached hydrogen (secondary N) is 1. The monoisotopic (exact) mass is 251 g/mol. The fourth-order valence-corrected chi connectivity index (χ4v) is 2.86. The minimum absolute atomic E-state index is 0.437. The molecule has 0 aromatic carbocycles. The van der Waals surface area contributed by atoms with E-state index in [1.165, 1.54) is 30.5 Å². The number of aryl methyl sites for hydroxylation is 2. The molecule has 1 fully saturated rings. The average molecular weight is 251 g/mol. The summed E-state index contributed by atoms with van der Waals surface area (Å²) in [4.78, 5) is 0. The van der Waals surface area contributed by atoms with Crippen LogP contribution in [0.25, 0.3) is 0 Å². The average Bonchev–Trinajstić information content (AvgIpc) is 2.61. The molecule has 0 bridgehead atoms. The quantitative estimate of drug-likeness (QED) is 0.890. The second-order valence-electron chi connectivity index (χ2n) is 5.38. The predicted molar refractivity (Wildman–Crippen MR) is 72.6 cm³/mol. The topological polar surface area (TPSA) is 39.1 Å². The molecule has 1 heterocycles. The summed E-state index contributed by atoms with van der Waals surface area (Å²) < 4.78 is 7.43. The normalized spacial score (nSPS) is 24.4. The van der Waals surface area contributed by atoms with Crippen molar-refractivity contribution >= 4 is 0 Å². The second kappa shape index (κ2) is 5.85. The molecule has 0 amide bonds. The Morgan fingerprint density at radius 1 is 1.39 bits per heavy atom. The van der Waals surface area contributed by atoms with Crippen LogP contribution < -0.4 is 5.32 Å². The fraction of sp³-hybridized carbons (Fsp3) is 0.786. The highest BCUT2D eigenvalue weighted by molar-refractivity contribution is 5.24. The zero-order valence-corrected chi connectivity index (χ0v) is 12.0. The summed E-state index contributed by atoms with van der Waals surface area (Å²) in [7, 11) is 3.83. The van der Waals surface area contributed by atoms with Gasteiger partial charge in [-0.25, -0.2) is 0 Å². The molecule has 1 aliphatic rings. The fourth-order valence-electron chi connectivity index (χ4n) is 2.86. The van der Waals surface area contributed by atoms with E-state index in [1.54, 1.807) is 0 Å². The van der Waals surface area contributed by atoms with Gasteiger partial charge in [-0.2, -0.15) is 5.10 Å². The zero-order valence-electron chi connectivity index (χ0n) is 12.0. The molecule has 0 aliphatic heterocycles. The summed E-state index contributed by atoms with van der Waals surface area (Å²) in [5, 5.41) is 8.12. The summed E-state index contributed by atoms with van der Waals surface area (Å²) in [5.41, 5.74) is 3.75. The lowest BCUT2D eigenvalue weighted by Crippen LogP contribution is -2.36. The Bertz CT molecular complexity index is 400. The number of rotatable bonds is 4. The summed E-state index contributed by atoms with van der Waals surface area (Å²) in [6.07, 6.45) is 5.31. The number of hydrogen-bond acceptors (Lipinski definition) is 3. The molecule has 4 nitrogen and oxygen atoms in total. The molecule has 4 heteroatoms. The Labute approximate surface area is 110 Å². The van der Waals surface area contributed by atoms with Crippen molar-refractivity contribution in [3.8, 4) is 0 Å². The van der Waals surface area contributed by atoms with E-state index < -0.39 is 0 Å². The number of methoxy groups -OCH3 is 1. The molecule has 0 radical (unpaired) electrons. The van der Waals surface area contributed by atoms with E-state index in [4.69, 9.17) is 4.74 Å². The van der Waals surface area contributed by atoms with Gasteiger partial charge in [0.05, 0.1) is 11.8 Å². The van der Waals surface area contributed by atoms with Crippen LogP contribution in [-0.2, 0) is 18.3 Å². The lowest BCUT2D eigenvalue weighted by atomic mass is 9.92. The Morgan fingerprint density at radius 2 is 2.17 bits per heavy atom. The zero-order chi connectivity index (χ0) is 13.1. The van der Waals surface area contributed by atoms with Crippen LogP contribution in [0.3, 0.4) is 0 Å². The number of ether oxygens (including phenoxy) is 1. The van der Waals surface area contributed by atoms with Crippen molar-refractivity contribution in [2.75, 3.05) is 7.11 Å². The van der Waals surface area contributed by atoms with Gasteiger partial charge in [0.25, 0.3) is 0 Å². The van der Waals surface area contributed by atoms with Crippen molar-refractivity contribution in [3.05, 3.63) is 17.0 Å². The molecule has 1 aromatic heterocycles. The number of hydrogen-bond donors (Lipinski definition) is 1. The van der Waals surface area contributed by atoms with Gasteiger partial charge in [0.2, 0.25) is 0 Å². The van der Waals surface area contributed by atoms with Gasteiger partial charge >= 0.3 is 0 Å². The van der Waals surface area contributed by atoms with E-state index >= 15 is 0 Å². The first-order valence-electron chi connectivity index (χ1n) is 6.87. The maximum absolute atomic E-state index is 5.47. The molecule has 1 saturated carbocycles. The molecule has 102 valence electrons. The van der Waals surface area contributed by atoms with Crippen molar-refractivity contribution in [2.24, 2.45) is 7.05 Å². The third kappa shape index (κ3) is 2.93. The lowest BCUT2D eigenvalue weighted by molar-refractivity contribution is 0.0586.